The molecule has 0 aliphatic rings. The number of aliphatic hydroxyl groups is 2. The summed E-state index contributed by atoms with van der Waals surface area (Å²) in [6.07, 6.45) is 116. The summed E-state index contributed by atoms with van der Waals surface area (Å²) in [6, 6.07) is -0.627. The van der Waals surface area contributed by atoms with Crippen molar-refractivity contribution in [2.75, 3.05) is 13.2 Å². The molecule has 0 aliphatic heterocycles. The minimum Gasteiger partial charge on any atom is -0.466 e. The first-order chi connectivity index (χ1) is 48.0. The average Bonchev–Trinajstić information content (AvgIpc) is 2.53. The Balaban J connectivity index is 3.35. The van der Waals surface area contributed by atoms with Gasteiger partial charge in [0.2, 0.25) is 5.91 Å². The number of ether oxygens (including phenoxy) is 1. The van der Waals surface area contributed by atoms with Gasteiger partial charge in [-0.25, -0.2) is 0 Å². The summed E-state index contributed by atoms with van der Waals surface area (Å²) in [5.74, 6) is -0.0431. The van der Waals surface area contributed by atoms with E-state index in [1.54, 1.807) is 6.08 Å². The van der Waals surface area contributed by atoms with Crippen molar-refractivity contribution < 1.29 is 24.5 Å². The van der Waals surface area contributed by atoms with Crippen LogP contribution in [-0.4, -0.2) is 47.4 Å². The lowest BCUT2D eigenvalue weighted by Gasteiger charge is -2.20. The van der Waals surface area contributed by atoms with Gasteiger partial charge in [-0.15, -0.1) is 0 Å². The van der Waals surface area contributed by atoms with Crippen LogP contribution in [0.3, 0.4) is 0 Å². The molecule has 0 fully saturated rings. The maximum atomic E-state index is 12.6. The predicted octanol–water partition coefficient (Wildman–Crippen LogP) is 29.9. The van der Waals surface area contributed by atoms with Crippen molar-refractivity contribution in [1.82, 2.24) is 5.32 Å². The second-order valence-corrected chi connectivity index (χ2v) is 30.6. The number of esters is 1. The number of allylic oxidation sites excluding steroid dienone is 7. The first kappa shape index (κ1) is 94.8. The Morgan fingerprint density at radius 3 is 0.814 bits per heavy atom. The smallest absolute Gasteiger partial charge is 0.305 e. The summed E-state index contributed by atoms with van der Waals surface area (Å²) in [4.78, 5) is 24.7. The van der Waals surface area contributed by atoms with Gasteiger partial charge in [0.15, 0.2) is 0 Å². The van der Waals surface area contributed by atoms with Crippen LogP contribution in [0.15, 0.2) is 48.6 Å². The first-order valence-corrected chi connectivity index (χ1v) is 44.4. The van der Waals surface area contributed by atoms with E-state index in [1.807, 2.05) is 6.08 Å². The van der Waals surface area contributed by atoms with E-state index in [0.717, 1.165) is 51.4 Å². The van der Waals surface area contributed by atoms with Gasteiger partial charge in [0.25, 0.3) is 0 Å². The molecule has 0 aromatic heterocycles. The Bertz CT molecular complexity index is 1620. The SMILES string of the molecule is CCCCC/C=C\C/C=C\CCCCCCCCCC(=O)OCCCCCCCCCCCCCCCCCCCC/C=C\CCCCCCCCCCCCCCCCCCCC(=O)NC(CO)C(O)/C=C/CCCCCCCCCCCCCCCCCCCCCCCC. The molecule has 572 valence electrons. The molecule has 0 aliphatic carbocycles. The Labute approximate surface area is 607 Å². The maximum Gasteiger partial charge on any atom is 0.305 e. The lowest BCUT2D eigenvalue weighted by atomic mass is 10.0. The lowest BCUT2D eigenvalue weighted by molar-refractivity contribution is -0.143. The highest BCUT2D eigenvalue weighted by atomic mass is 16.5. The third-order valence-corrected chi connectivity index (χ3v) is 20.8. The second kappa shape index (κ2) is 86.2. The molecule has 0 radical (unpaired) electrons. The molecule has 1 amide bonds. The summed E-state index contributed by atoms with van der Waals surface area (Å²) in [7, 11) is 0. The molecule has 97 heavy (non-hydrogen) atoms. The Kier molecular flexibility index (Phi) is 84.3. The highest BCUT2D eigenvalue weighted by Crippen LogP contribution is 2.21. The number of hydrogen-bond acceptors (Lipinski definition) is 5. The zero-order chi connectivity index (χ0) is 69.8. The van der Waals surface area contributed by atoms with Crippen molar-refractivity contribution in [2.24, 2.45) is 0 Å². The van der Waals surface area contributed by atoms with Crippen molar-refractivity contribution in [3.63, 3.8) is 0 Å². The van der Waals surface area contributed by atoms with Gasteiger partial charge in [0, 0.05) is 12.8 Å². The molecule has 6 heteroatoms. The van der Waals surface area contributed by atoms with Gasteiger partial charge < -0.3 is 20.3 Å². The van der Waals surface area contributed by atoms with Crippen molar-refractivity contribution in [2.45, 2.75) is 508 Å². The van der Waals surface area contributed by atoms with E-state index in [-0.39, 0.29) is 18.5 Å². The highest BCUT2D eigenvalue weighted by molar-refractivity contribution is 5.76. The molecule has 0 aromatic carbocycles. The number of carbonyl (C=O) groups excluding carboxylic acids is 2. The fourth-order valence-corrected chi connectivity index (χ4v) is 14.1. The van der Waals surface area contributed by atoms with Crippen LogP contribution in [0.5, 0.6) is 0 Å². The predicted molar refractivity (Wildman–Crippen MR) is 430 cm³/mol. The van der Waals surface area contributed by atoms with E-state index < -0.39 is 12.1 Å². The molecule has 2 unspecified atom stereocenters. The minimum atomic E-state index is -0.844. The van der Waals surface area contributed by atoms with Gasteiger partial charge in [-0.2, -0.15) is 0 Å². The molecule has 0 saturated heterocycles. The van der Waals surface area contributed by atoms with Crippen LogP contribution in [0, 0.1) is 0 Å². The Hall–Kier alpha value is -2.18. The molecule has 0 heterocycles. The monoisotopic (exact) mass is 1360 g/mol. The number of unbranched alkanes of at least 4 members (excludes halogenated alkanes) is 67. The van der Waals surface area contributed by atoms with Crippen LogP contribution in [0.1, 0.15) is 495 Å². The number of nitrogens with one attached hydrogen (secondary N) is 1. The molecule has 0 rings (SSSR count). The van der Waals surface area contributed by atoms with E-state index in [0.29, 0.717) is 19.4 Å². The van der Waals surface area contributed by atoms with Crippen LogP contribution < -0.4 is 5.32 Å². The number of rotatable bonds is 84. The molecule has 6 nitrogen and oxygen atoms in total. The van der Waals surface area contributed by atoms with Crippen molar-refractivity contribution in [1.29, 1.82) is 0 Å². The zero-order valence-electron chi connectivity index (χ0n) is 65.8. The molecule has 2 atom stereocenters. The summed E-state index contributed by atoms with van der Waals surface area (Å²) in [5, 5.41) is 23.3. The maximum absolute atomic E-state index is 12.6. The molecule has 0 saturated carbocycles. The fraction of sp³-hybridized carbons (Fsp3) is 0.890. The third kappa shape index (κ3) is 82.7. The van der Waals surface area contributed by atoms with E-state index in [4.69, 9.17) is 4.74 Å². The summed E-state index contributed by atoms with van der Waals surface area (Å²) >= 11 is 0. The number of carbonyl (C=O) groups is 2. The van der Waals surface area contributed by atoms with E-state index in [9.17, 15) is 19.8 Å². The van der Waals surface area contributed by atoms with Crippen LogP contribution in [0.4, 0.5) is 0 Å². The molecule has 0 spiro atoms. The fourth-order valence-electron chi connectivity index (χ4n) is 14.1. The number of amides is 1. The third-order valence-electron chi connectivity index (χ3n) is 20.8. The normalized spacial score (nSPS) is 12.7. The summed E-state index contributed by atoms with van der Waals surface area (Å²) < 4.78 is 5.51. The average molecular weight is 1360 g/mol. The number of aliphatic hydroxyl groups excluding tert-OH is 2. The largest absolute Gasteiger partial charge is 0.466 e. The van der Waals surface area contributed by atoms with Gasteiger partial charge in [0.1, 0.15) is 0 Å². The van der Waals surface area contributed by atoms with E-state index >= 15 is 0 Å². The molecule has 0 aromatic rings. The van der Waals surface area contributed by atoms with Crippen LogP contribution in [0.25, 0.3) is 0 Å². The van der Waals surface area contributed by atoms with E-state index in [2.05, 4.69) is 55.6 Å². The quantitative estimate of drug-likeness (QED) is 0.0320. The van der Waals surface area contributed by atoms with Crippen molar-refractivity contribution >= 4 is 11.9 Å². The topological polar surface area (TPSA) is 95.9 Å². The minimum absolute atomic E-state index is 0.0152. The van der Waals surface area contributed by atoms with Gasteiger partial charge in [0.05, 0.1) is 25.4 Å². The van der Waals surface area contributed by atoms with Crippen molar-refractivity contribution in [3.8, 4) is 0 Å². The van der Waals surface area contributed by atoms with Crippen LogP contribution >= 0.6 is 0 Å². The molecular formula is C91H173NO5. The van der Waals surface area contributed by atoms with Crippen molar-refractivity contribution in [3.05, 3.63) is 48.6 Å². The lowest BCUT2D eigenvalue weighted by Crippen LogP contribution is -2.45. The second-order valence-electron chi connectivity index (χ2n) is 30.6. The highest BCUT2D eigenvalue weighted by Gasteiger charge is 2.18. The molecule has 3 N–H and O–H groups in total. The molecular weight excluding hydrogens is 1190 g/mol. The Morgan fingerprint density at radius 1 is 0.289 bits per heavy atom. The van der Waals surface area contributed by atoms with Gasteiger partial charge in [-0.3, -0.25) is 9.59 Å². The van der Waals surface area contributed by atoms with Gasteiger partial charge >= 0.3 is 5.97 Å². The van der Waals surface area contributed by atoms with E-state index in [1.165, 1.54) is 417 Å². The first-order valence-electron chi connectivity index (χ1n) is 44.4. The summed E-state index contributed by atoms with van der Waals surface area (Å²) in [6.45, 7) is 4.93. The van der Waals surface area contributed by atoms with Crippen LogP contribution in [-0.2, 0) is 14.3 Å². The Morgan fingerprint density at radius 2 is 0.515 bits per heavy atom. The van der Waals surface area contributed by atoms with Crippen LogP contribution in [0.2, 0.25) is 0 Å². The van der Waals surface area contributed by atoms with Gasteiger partial charge in [-0.05, 0) is 89.9 Å². The molecule has 0 bridgehead atoms. The summed E-state index contributed by atoms with van der Waals surface area (Å²) in [5.41, 5.74) is 0. The van der Waals surface area contributed by atoms with Gasteiger partial charge in [-0.1, -0.05) is 441 Å². The number of hydrogen-bond donors (Lipinski definition) is 3. The standard InChI is InChI=1S/C91H173NO5/c1-3-5-7-9-11-13-15-17-19-21-22-23-24-42-45-48-52-55-59-63-67-71-75-79-83-89(94)88(87-93)92-90(95)84-80-76-72-68-64-60-56-53-49-46-43-40-38-36-34-32-30-28-26-25-27-29-31-33-35-37-39-41-44-47-50-54-58-62-66-70-74-78-82-86-97-91(96)85-81-77-73-69-65-61-57-51-20-18-16-14-12-10-8-6-4-2/h12,14,18,20,25-26,79,83,88-89,93-94H,3-11,13,15-17,19,21-24,27-78,80-82,84-87H2,1-2H3,(H,92,95)/b14-12-,20-18-,26-25-,83-79+. The zero-order valence-corrected chi connectivity index (χ0v) is 65.8.